The molecule has 1 fully saturated rings. The molecule has 9 nitrogen and oxygen atoms in total. The highest BCUT2D eigenvalue weighted by Gasteiger charge is 2.63. The lowest BCUT2D eigenvalue weighted by Crippen LogP contribution is -2.46. The van der Waals surface area contributed by atoms with E-state index in [2.05, 4.69) is 8.92 Å². The molecule has 0 bridgehead atoms. The molecule has 1 unspecified atom stereocenters. The van der Waals surface area contributed by atoms with Crippen LogP contribution in [0.1, 0.15) is 10.4 Å². The Morgan fingerprint density at radius 3 is 2.42 bits per heavy atom. The molecule has 1 heterocycles. The molecule has 26 heavy (non-hydrogen) atoms. The first-order chi connectivity index (χ1) is 12.0. The first-order valence-corrected chi connectivity index (χ1v) is 8.92. The van der Waals surface area contributed by atoms with E-state index in [-0.39, 0.29) is 5.56 Å². The molecule has 0 radical (unpaired) electrons. The maximum atomic E-state index is 14.3. The van der Waals surface area contributed by atoms with Crippen molar-refractivity contribution >= 4 is 22.2 Å². The van der Waals surface area contributed by atoms with Crippen molar-refractivity contribution in [1.29, 1.82) is 0 Å². The van der Waals surface area contributed by atoms with Crippen LogP contribution in [0.2, 0.25) is 0 Å². The molecule has 1 saturated heterocycles. The normalized spacial score (nSPS) is 24.8. The van der Waals surface area contributed by atoms with Gasteiger partial charge < -0.3 is 19.9 Å². The monoisotopic (exact) mass is 395 g/mol. The standard InChI is InChI=1S/C14H15F2NO8S/c1-26(20,21)25-12-14(15,16)10(24-13(17)19)9(23-12)7-22-11(18)8-5-3-2-4-6-8/h2-6,9-10,12H,7H2,1H3,(H2,17,19)/t9-,10-,12?/m1/s1. The summed E-state index contributed by atoms with van der Waals surface area (Å²) in [6, 6.07) is 7.64. The topological polar surface area (TPSA) is 131 Å². The van der Waals surface area contributed by atoms with Crippen LogP contribution in [0.15, 0.2) is 30.3 Å². The highest BCUT2D eigenvalue weighted by molar-refractivity contribution is 7.86. The van der Waals surface area contributed by atoms with Crippen LogP contribution in [0, 0.1) is 0 Å². The van der Waals surface area contributed by atoms with E-state index < -0.39 is 53.2 Å². The Labute approximate surface area is 147 Å². The first kappa shape index (κ1) is 20.0. The molecule has 1 aromatic rings. The van der Waals surface area contributed by atoms with Crippen LogP contribution >= 0.6 is 0 Å². The highest BCUT2D eigenvalue weighted by atomic mass is 32.2. The highest BCUT2D eigenvalue weighted by Crippen LogP contribution is 2.39. The number of carbonyl (C=O) groups is 2. The lowest BCUT2D eigenvalue weighted by Gasteiger charge is -2.22. The molecule has 0 aliphatic carbocycles. The van der Waals surface area contributed by atoms with Crippen molar-refractivity contribution in [2.75, 3.05) is 12.9 Å². The van der Waals surface area contributed by atoms with Crippen molar-refractivity contribution in [1.82, 2.24) is 0 Å². The Balaban J connectivity index is 2.13. The molecule has 2 N–H and O–H groups in total. The summed E-state index contributed by atoms with van der Waals surface area (Å²) in [5, 5.41) is 0. The van der Waals surface area contributed by atoms with E-state index in [0.717, 1.165) is 0 Å². The quantitative estimate of drug-likeness (QED) is 0.548. The number of nitrogens with two attached hydrogens (primary N) is 1. The van der Waals surface area contributed by atoms with Gasteiger partial charge in [-0.25, -0.2) is 13.8 Å². The fraction of sp³-hybridized carbons (Fsp3) is 0.429. The summed E-state index contributed by atoms with van der Waals surface area (Å²) in [5.41, 5.74) is 4.91. The molecule has 2 rings (SSSR count). The minimum Gasteiger partial charge on any atom is -0.459 e. The molecule has 0 aromatic heterocycles. The van der Waals surface area contributed by atoms with Gasteiger partial charge in [-0.05, 0) is 12.1 Å². The third-order valence-corrected chi connectivity index (χ3v) is 3.75. The molecule has 1 aliphatic heterocycles. The zero-order valence-electron chi connectivity index (χ0n) is 13.3. The van der Waals surface area contributed by atoms with Gasteiger partial charge in [0.2, 0.25) is 12.4 Å². The second kappa shape index (κ2) is 7.51. The number of primary amides is 1. The number of benzene rings is 1. The number of hydrogen-bond donors (Lipinski definition) is 1. The van der Waals surface area contributed by atoms with Crippen molar-refractivity contribution in [3.63, 3.8) is 0 Å². The SMILES string of the molecule is CS(=O)(=O)OC1O[C@H](COC(=O)c2ccccc2)[C@@H](OC(N)=O)C1(F)F. The number of esters is 1. The van der Waals surface area contributed by atoms with E-state index in [1.165, 1.54) is 12.1 Å². The predicted molar refractivity (Wildman–Crippen MR) is 80.7 cm³/mol. The molecule has 3 atom stereocenters. The smallest absolute Gasteiger partial charge is 0.405 e. The summed E-state index contributed by atoms with van der Waals surface area (Å²) >= 11 is 0. The Kier molecular flexibility index (Phi) is 5.78. The van der Waals surface area contributed by atoms with Gasteiger partial charge in [0.25, 0.3) is 10.1 Å². The summed E-state index contributed by atoms with van der Waals surface area (Å²) in [6.07, 6.45) is -7.58. The lowest BCUT2D eigenvalue weighted by molar-refractivity contribution is -0.182. The molecular weight excluding hydrogens is 380 g/mol. The van der Waals surface area contributed by atoms with Gasteiger partial charge in [0.05, 0.1) is 11.8 Å². The van der Waals surface area contributed by atoms with Gasteiger partial charge in [-0.2, -0.15) is 17.2 Å². The maximum absolute atomic E-state index is 14.3. The summed E-state index contributed by atoms with van der Waals surface area (Å²) in [7, 11) is -4.31. The van der Waals surface area contributed by atoms with Gasteiger partial charge in [0.1, 0.15) is 12.7 Å². The molecule has 0 saturated carbocycles. The van der Waals surface area contributed by atoms with Crippen molar-refractivity contribution in [3.8, 4) is 0 Å². The van der Waals surface area contributed by atoms with Gasteiger partial charge >= 0.3 is 18.0 Å². The number of hydrogen-bond acceptors (Lipinski definition) is 8. The number of halogens is 2. The third kappa shape index (κ3) is 4.86. The molecule has 144 valence electrons. The summed E-state index contributed by atoms with van der Waals surface area (Å²) in [6.45, 7) is -0.759. The fourth-order valence-electron chi connectivity index (χ4n) is 2.17. The molecule has 1 aliphatic rings. The number of rotatable bonds is 6. The number of carbonyl (C=O) groups excluding carboxylic acids is 2. The van der Waals surface area contributed by atoms with Gasteiger partial charge in [-0.1, -0.05) is 18.2 Å². The van der Waals surface area contributed by atoms with Crippen LogP contribution in [0.5, 0.6) is 0 Å². The summed E-state index contributed by atoms with van der Waals surface area (Å²) in [4.78, 5) is 22.8. The van der Waals surface area contributed by atoms with E-state index in [0.29, 0.717) is 6.26 Å². The Morgan fingerprint density at radius 1 is 1.27 bits per heavy atom. The van der Waals surface area contributed by atoms with Crippen molar-refractivity contribution in [2.45, 2.75) is 24.4 Å². The Hall–Kier alpha value is -2.31. The fourth-order valence-corrected chi connectivity index (χ4v) is 2.66. The molecule has 1 amide bonds. The van der Waals surface area contributed by atoms with E-state index in [9.17, 15) is 26.8 Å². The number of amides is 1. The van der Waals surface area contributed by atoms with E-state index in [1.807, 2.05) is 0 Å². The zero-order chi connectivity index (χ0) is 19.5. The second-order valence-electron chi connectivity index (χ2n) is 5.30. The Morgan fingerprint density at radius 2 is 1.88 bits per heavy atom. The minimum absolute atomic E-state index is 0.147. The third-order valence-electron chi connectivity index (χ3n) is 3.22. The predicted octanol–water partition coefficient (Wildman–Crippen LogP) is 0.644. The van der Waals surface area contributed by atoms with Crippen LogP contribution in [-0.4, -0.2) is 57.8 Å². The van der Waals surface area contributed by atoms with E-state index in [4.69, 9.17) is 15.2 Å². The second-order valence-corrected chi connectivity index (χ2v) is 6.90. The molecule has 12 heteroatoms. The van der Waals surface area contributed by atoms with Gasteiger partial charge in [0, 0.05) is 0 Å². The van der Waals surface area contributed by atoms with E-state index in [1.54, 1.807) is 18.2 Å². The zero-order valence-corrected chi connectivity index (χ0v) is 14.1. The van der Waals surface area contributed by atoms with E-state index >= 15 is 0 Å². The van der Waals surface area contributed by atoms with Gasteiger partial charge in [-0.3, -0.25) is 0 Å². The number of alkyl halides is 2. The van der Waals surface area contributed by atoms with Gasteiger partial charge in [-0.15, -0.1) is 0 Å². The van der Waals surface area contributed by atoms with Crippen LogP contribution in [0.4, 0.5) is 13.6 Å². The maximum Gasteiger partial charge on any atom is 0.405 e. The Bertz CT molecular complexity index is 770. The molecule has 1 aromatic carbocycles. The minimum atomic E-state index is -4.31. The largest absolute Gasteiger partial charge is 0.459 e. The van der Waals surface area contributed by atoms with Crippen LogP contribution in [0.25, 0.3) is 0 Å². The average Bonchev–Trinajstić information content (AvgIpc) is 2.75. The summed E-state index contributed by atoms with van der Waals surface area (Å²) in [5.74, 6) is -4.90. The van der Waals surface area contributed by atoms with Gasteiger partial charge in [0.15, 0.2) is 0 Å². The molecular formula is C14H15F2NO8S. The van der Waals surface area contributed by atoms with Crippen LogP contribution in [0.3, 0.4) is 0 Å². The van der Waals surface area contributed by atoms with Crippen molar-refractivity contribution in [2.24, 2.45) is 5.73 Å². The first-order valence-electron chi connectivity index (χ1n) is 7.10. The average molecular weight is 395 g/mol. The van der Waals surface area contributed by atoms with Crippen molar-refractivity contribution in [3.05, 3.63) is 35.9 Å². The number of ether oxygens (including phenoxy) is 3. The van der Waals surface area contributed by atoms with Crippen molar-refractivity contribution < 1.29 is 45.2 Å². The lowest BCUT2D eigenvalue weighted by atomic mass is 10.1. The van der Waals surface area contributed by atoms with Crippen LogP contribution < -0.4 is 5.73 Å². The summed E-state index contributed by atoms with van der Waals surface area (Å²) < 4.78 is 68.9. The van der Waals surface area contributed by atoms with Crippen LogP contribution in [-0.2, 0) is 28.5 Å². The molecule has 0 spiro atoms.